The molecule has 22 heavy (non-hydrogen) atoms. The van der Waals surface area contributed by atoms with Gasteiger partial charge in [-0.1, -0.05) is 33.6 Å². The predicted molar refractivity (Wildman–Crippen MR) is 92.1 cm³/mol. The summed E-state index contributed by atoms with van der Waals surface area (Å²) in [5.41, 5.74) is 1.81. The first-order valence-electron chi connectivity index (χ1n) is 6.90. The third-order valence-electron chi connectivity index (χ3n) is 3.49. The summed E-state index contributed by atoms with van der Waals surface area (Å²) in [5, 5.41) is -0.348. The molecule has 0 radical (unpaired) electrons. The van der Waals surface area contributed by atoms with Crippen LogP contribution in [0.4, 0.5) is 5.69 Å². The lowest BCUT2D eigenvalue weighted by molar-refractivity contribution is -0.121. The number of nitrogens with zero attached hydrogens (tertiary/aromatic N) is 1. The van der Waals surface area contributed by atoms with Crippen LogP contribution in [0.15, 0.2) is 57.9 Å². The minimum absolute atomic E-state index is 0.141. The highest BCUT2D eigenvalue weighted by Crippen LogP contribution is 2.34. The van der Waals surface area contributed by atoms with Gasteiger partial charge >= 0.3 is 0 Å². The Morgan fingerprint density at radius 2 is 1.68 bits per heavy atom. The molecule has 5 heteroatoms. The summed E-state index contributed by atoms with van der Waals surface area (Å²) < 4.78 is 0.918. The van der Waals surface area contributed by atoms with Crippen molar-refractivity contribution in [1.29, 1.82) is 0 Å². The van der Waals surface area contributed by atoms with Crippen LogP contribution in [0.1, 0.15) is 12.0 Å². The van der Waals surface area contributed by atoms with E-state index in [1.165, 1.54) is 22.2 Å². The molecule has 2 amide bonds. The molecular formula is C17H14BrNO2S. The molecule has 1 aliphatic heterocycles. The fraction of sp³-hybridized carbons (Fsp3) is 0.176. The van der Waals surface area contributed by atoms with Gasteiger partial charge in [0, 0.05) is 15.8 Å². The van der Waals surface area contributed by atoms with Gasteiger partial charge in [0.05, 0.1) is 10.9 Å². The minimum atomic E-state index is -0.348. The van der Waals surface area contributed by atoms with E-state index in [1.807, 2.05) is 43.3 Å². The number of hydrogen-bond donors (Lipinski definition) is 0. The number of thioether (sulfide) groups is 1. The summed E-state index contributed by atoms with van der Waals surface area (Å²) in [7, 11) is 0. The predicted octanol–water partition coefficient (Wildman–Crippen LogP) is 4.18. The van der Waals surface area contributed by atoms with E-state index >= 15 is 0 Å². The van der Waals surface area contributed by atoms with Gasteiger partial charge in [0.1, 0.15) is 0 Å². The van der Waals surface area contributed by atoms with Gasteiger partial charge < -0.3 is 0 Å². The number of rotatable bonds is 3. The summed E-state index contributed by atoms with van der Waals surface area (Å²) in [4.78, 5) is 27.0. The molecule has 1 atom stereocenters. The highest BCUT2D eigenvalue weighted by atomic mass is 79.9. The van der Waals surface area contributed by atoms with Gasteiger partial charge in [-0.3, -0.25) is 9.59 Å². The number of amides is 2. The molecule has 3 nitrogen and oxygen atoms in total. The average Bonchev–Trinajstić information content (AvgIpc) is 2.77. The number of aryl methyl sites for hydroxylation is 1. The highest BCUT2D eigenvalue weighted by molar-refractivity contribution is 9.10. The van der Waals surface area contributed by atoms with Crippen molar-refractivity contribution in [2.45, 2.75) is 23.5 Å². The van der Waals surface area contributed by atoms with Gasteiger partial charge in [-0.15, -0.1) is 11.8 Å². The fourth-order valence-electron chi connectivity index (χ4n) is 2.34. The zero-order valence-electron chi connectivity index (χ0n) is 12.0. The van der Waals surface area contributed by atoms with Crippen molar-refractivity contribution in [3.05, 3.63) is 58.6 Å². The van der Waals surface area contributed by atoms with Gasteiger partial charge in [0.2, 0.25) is 11.8 Å². The van der Waals surface area contributed by atoms with Crippen molar-refractivity contribution in [3.8, 4) is 0 Å². The maximum atomic E-state index is 12.5. The van der Waals surface area contributed by atoms with Crippen molar-refractivity contribution in [2.75, 3.05) is 4.90 Å². The summed E-state index contributed by atoms with van der Waals surface area (Å²) >= 11 is 4.81. The molecule has 2 aromatic carbocycles. The molecule has 1 aliphatic rings. The van der Waals surface area contributed by atoms with Gasteiger partial charge in [-0.25, -0.2) is 4.90 Å². The van der Waals surface area contributed by atoms with Crippen LogP contribution in [0, 0.1) is 6.92 Å². The van der Waals surface area contributed by atoms with Crippen molar-refractivity contribution in [2.24, 2.45) is 0 Å². The maximum Gasteiger partial charge on any atom is 0.247 e. The third kappa shape index (κ3) is 3.10. The molecular weight excluding hydrogens is 362 g/mol. The molecule has 0 bridgehead atoms. The minimum Gasteiger partial charge on any atom is -0.274 e. The first-order chi connectivity index (χ1) is 10.5. The van der Waals surface area contributed by atoms with Crippen molar-refractivity contribution in [3.63, 3.8) is 0 Å². The second kappa shape index (κ2) is 6.26. The van der Waals surface area contributed by atoms with Crippen LogP contribution in [0.5, 0.6) is 0 Å². The molecule has 0 saturated carbocycles. The summed E-state index contributed by atoms with van der Waals surface area (Å²) in [6.07, 6.45) is 0.243. The number of benzene rings is 2. The Morgan fingerprint density at radius 3 is 2.32 bits per heavy atom. The summed E-state index contributed by atoms with van der Waals surface area (Å²) in [6, 6.07) is 15.2. The lowest BCUT2D eigenvalue weighted by atomic mass is 10.2. The van der Waals surface area contributed by atoms with Gasteiger partial charge in [0.15, 0.2) is 0 Å². The Bertz CT molecular complexity index is 712. The van der Waals surface area contributed by atoms with Crippen LogP contribution in [0.25, 0.3) is 0 Å². The molecule has 0 aliphatic carbocycles. The maximum absolute atomic E-state index is 12.5. The largest absolute Gasteiger partial charge is 0.274 e. The van der Waals surface area contributed by atoms with Gasteiger partial charge in [0.25, 0.3) is 0 Å². The van der Waals surface area contributed by atoms with Crippen molar-refractivity contribution >= 4 is 45.2 Å². The van der Waals surface area contributed by atoms with E-state index in [2.05, 4.69) is 15.9 Å². The highest BCUT2D eigenvalue weighted by Gasteiger charge is 2.40. The monoisotopic (exact) mass is 375 g/mol. The Hall–Kier alpha value is -1.59. The number of hydrogen-bond acceptors (Lipinski definition) is 3. The standard InChI is InChI=1S/C17H14BrNO2S/c1-11-2-8-14(9-3-11)22-15-10-16(20)19(17(15)21)13-6-4-12(18)5-7-13/h2-9,15H,10H2,1H3. The first kappa shape index (κ1) is 15.3. The van der Waals surface area contributed by atoms with Crippen molar-refractivity contribution < 1.29 is 9.59 Å². The normalized spacial score (nSPS) is 18.1. The summed E-state index contributed by atoms with van der Waals surface area (Å²) in [5.74, 6) is -0.283. The van der Waals surface area contributed by atoms with E-state index in [4.69, 9.17) is 0 Å². The third-order valence-corrected chi connectivity index (χ3v) is 5.22. The number of halogens is 1. The van der Waals surface area contributed by atoms with E-state index in [1.54, 1.807) is 12.1 Å². The van der Waals surface area contributed by atoms with Gasteiger partial charge in [-0.05, 0) is 43.3 Å². The molecule has 3 rings (SSSR count). The Kier molecular flexibility index (Phi) is 4.36. The molecule has 0 aromatic heterocycles. The zero-order chi connectivity index (χ0) is 15.7. The average molecular weight is 376 g/mol. The number of anilines is 1. The molecule has 0 N–H and O–H groups in total. The van der Waals surface area contributed by atoms with E-state index in [-0.39, 0.29) is 23.5 Å². The Balaban J connectivity index is 1.79. The summed E-state index contributed by atoms with van der Waals surface area (Å²) in [6.45, 7) is 2.02. The SMILES string of the molecule is Cc1ccc(SC2CC(=O)N(c3ccc(Br)cc3)C2=O)cc1. The Labute approximate surface area is 141 Å². The van der Waals surface area contributed by atoms with Gasteiger partial charge in [-0.2, -0.15) is 0 Å². The molecule has 1 fully saturated rings. The molecule has 1 unspecified atom stereocenters. The molecule has 0 spiro atoms. The lowest BCUT2D eigenvalue weighted by Crippen LogP contribution is -2.31. The number of imide groups is 1. The van der Waals surface area contributed by atoms with Crippen LogP contribution >= 0.6 is 27.7 Å². The number of carbonyl (C=O) groups is 2. The quantitative estimate of drug-likeness (QED) is 0.755. The second-order valence-electron chi connectivity index (χ2n) is 5.17. The Morgan fingerprint density at radius 1 is 1.05 bits per heavy atom. The van der Waals surface area contributed by atoms with E-state index < -0.39 is 0 Å². The topological polar surface area (TPSA) is 37.4 Å². The van der Waals surface area contributed by atoms with E-state index in [9.17, 15) is 9.59 Å². The molecule has 1 saturated heterocycles. The van der Waals surface area contributed by atoms with Crippen molar-refractivity contribution in [1.82, 2.24) is 0 Å². The fourth-order valence-corrected chi connectivity index (χ4v) is 3.66. The van der Waals surface area contributed by atoms with Crippen LogP contribution in [0.3, 0.4) is 0 Å². The molecule has 112 valence electrons. The van der Waals surface area contributed by atoms with Crippen LogP contribution in [-0.2, 0) is 9.59 Å². The van der Waals surface area contributed by atoms with Crippen LogP contribution in [-0.4, -0.2) is 17.1 Å². The second-order valence-corrected chi connectivity index (χ2v) is 7.36. The smallest absolute Gasteiger partial charge is 0.247 e. The van der Waals surface area contributed by atoms with E-state index in [0.29, 0.717) is 5.69 Å². The molecule has 2 aromatic rings. The number of carbonyl (C=O) groups excluding carboxylic acids is 2. The van der Waals surface area contributed by atoms with Crippen LogP contribution < -0.4 is 4.90 Å². The van der Waals surface area contributed by atoms with E-state index in [0.717, 1.165) is 9.37 Å². The zero-order valence-corrected chi connectivity index (χ0v) is 14.4. The lowest BCUT2D eigenvalue weighted by Gasteiger charge is -2.15. The molecule has 1 heterocycles. The van der Waals surface area contributed by atoms with Crippen LogP contribution in [0.2, 0.25) is 0 Å². The first-order valence-corrected chi connectivity index (χ1v) is 8.57.